The van der Waals surface area contributed by atoms with Gasteiger partial charge in [-0.2, -0.15) is 0 Å². The van der Waals surface area contributed by atoms with Crippen LogP contribution < -0.4 is 15.4 Å². The minimum absolute atomic E-state index is 0.107. The Morgan fingerprint density at radius 3 is 3.22 bits per heavy atom. The van der Waals surface area contributed by atoms with Crippen molar-refractivity contribution in [1.29, 1.82) is 0 Å². The molecule has 4 nitrogen and oxygen atoms in total. The SMILES string of the molecule is C#CCNC(=O)[C@@H](C)Nc1ccc2c(c1)CCO2. The maximum absolute atomic E-state index is 11.6. The van der Waals surface area contributed by atoms with Crippen molar-refractivity contribution < 1.29 is 9.53 Å². The third-order valence-electron chi connectivity index (χ3n) is 2.83. The van der Waals surface area contributed by atoms with Crippen molar-refractivity contribution in [2.24, 2.45) is 0 Å². The van der Waals surface area contributed by atoms with E-state index in [2.05, 4.69) is 16.6 Å². The summed E-state index contributed by atoms with van der Waals surface area (Å²) in [5.74, 6) is 3.20. The molecule has 0 saturated heterocycles. The summed E-state index contributed by atoms with van der Waals surface area (Å²) in [6, 6.07) is 5.54. The molecule has 0 spiro atoms. The fraction of sp³-hybridized carbons (Fsp3) is 0.357. The van der Waals surface area contributed by atoms with Gasteiger partial charge in [-0.3, -0.25) is 4.79 Å². The van der Waals surface area contributed by atoms with Crippen LogP contribution in [0.2, 0.25) is 0 Å². The number of rotatable bonds is 4. The first-order valence-electron chi connectivity index (χ1n) is 5.94. The van der Waals surface area contributed by atoms with Crippen LogP contribution in [0.5, 0.6) is 5.75 Å². The van der Waals surface area contributed by atoms with Crippen LogP contribution in [-0.4, -0.2) is 25.1 Å². The molecule has 1 atom stereocenters. The van der Waals surface area contributed by atoms with Gasteiger partial charge < -0.3 is 15.4 Å². The highest BCUT2D eigenvalue weighted by Gasteiger charge is 2.15. The van der Waals surface area contributed by atoms with E-state index in [-0.39, 0.29) is 18.5 Å². The quantitative estimate of drug-likeness (QED) is 0.782. The molecule has 0 unspecified atom stereocenters. The van der Waals surface area contributed by atoms with Crippen LogP contribution in [0, 0.1) is 12.3 Å². The molecule has 0 aliphatic carbocycles. The van der Waals surface area contributed by atoms with Crippen LogP contribution in [0.25, 0.3) is 0 Å². The Morgan fingerprint density at radius 2 is 2.44 bits per heavy atom. The summed E-state index contributed by atoms with van der Waals surface area (Å²) in [6.45, 7) is 2.79. The maximum Gasteiger partial charge on any atom is 0.242 e. The van der Waals surface area contributed by atoms with E-state index in [1.165, 1.54) is 5.56 Å². The van der Waals surface area contributed by atoms with Gasteiger partial charge in [-0.05, 0) is 30.7 Å². The summed E-state index contributed by atoms with van der Waals surface area (Å²) >= 11 is 0. The second-order valence-corrected chi connectivity index (χ2v) is 4.21. The van der Waals surface area contributed by atoms with Crippen LogP contribution in [0.15, 0.2) is 18.2 Å². The van der Waals surface area contributed by atoms with E-state index in [4.69, 9.17) is 11.2 Å². The molecular weight excluding hydrogens is 228 g/mol. The molecule has 0 saturated carbocycles. The van der Waals surface area contributed by atoms with Gasteiger partial charge in [0.1, 0.15) is 11.8 Å². The van der Waals surface area contributed by atoms with Gasteiger partial charge in [0.25, 0.3) is 0 Å². The summed E-state index contributed by atoms with van der Waals surface area (Å²) in [4.78, 5) is 11.6. The van der Waals surface area contributed by atoms with Crippen molar-refractivity contribution in [1.82, 2.24) is 5.32 Å². The first kappa shape index (κ1) is 12.3. The van der Waals surface area contributed by atoms with Crippen LogP contribution in [0.3, 0.4) is 0 Å². The van der Waals surface area contributed by atoms with Crippen molar-refractivity contribution in [2.75, 3.05) is 18.5 Å². The second kappa shape index (κ2) is 5.46. The zero-order valence-electron chi connectivity index (χ0n) is 10.3. The average molecular weight is 244 g/mol. The van der Waals surface area contributed by atoms with Crippen molar-refractivity contribution in [2.45, 2.75) is 19.4 Å². The Hall–Kier alpha value is -2.15. The number of hydrogen-bond acceptors (Lipinski definition) is 3. The zero-order valence-corrected chi connectivity index (χ0v) is 10.3. The highest BCUT2D eigenvalue weighted by Crippen LogP contribution is 2.27. The number of carbonyl (C=O) groups is 1. The minimum atomic E-state index is -0.321. The number of fused-ring (bicyclic) bond motifs is 1. The molecule has 2 rings (SSSR count). The van der Waals surface area contributed by atoms with Gasteiger partial charge in [-0.1, -0.05) is 5.92 Å². The number of nitrogens with one attached hydrogen (secondary N) is 2. The topological polar surface area (TPSA) is 50.4 Å². The molecular formula is C14H16N2O2. The molecule has 1 aliphatic rings. The van der Waals surface area contributed by atoms with Crippen LogP contribution >= 0.6 is 0 Å². The van der Waals surface area contributed by atoms with Crippen molar-refractivity contribution >= 4 is 11.6 Å². The summed E-state index contributed by atoms with van der Waals surface area (Å²) in [6.07, 6.45) is 6.01. The lowest BCUT2D eigenvalue weighted by molar-refractivity contribution is -0.121. The maximum atomic E-state index is 11.6. The van der Waals surface area contributed by atoms with Gasteiger partial charge in [0.15, 0.2) is 0 Å². The minimum Gasteiger partial charge on any atom is -0.493 e. The molecule has 0 bridgehead atoms. The lowest BCUT2D eigenvalue weighted by Gasteiger charge is -2.15. The number of carbonyl (C=O) groups excluding carboxylic acids is 1. The van der Waals surface area contributed by atoms with E-state index >= 15 is 0 Å². The Balaban J connectivity index is 1.97. The molecule has 0 fully saturated rings. The normalized spacial score (nSPS) is 14.0. The van der Waals surface area contributed by atoms with E-state index in [9.17, 15) is 4.79 Å². The number of hydrogen-bond donors (Lipinski definition) is 2. The van der Waals surface area contributed by atoms with E-state index in [0.717, 1.165) is 24.5 Å². The summed E-state index contributed by atoms with van der Waals surface area (Å²) in [7, 11) is 0. The fourth-order valence-corrected chi connectivity index (χ4v) is 1.88. The van der Waals surface area contributed by atoms with Gasteiger partial charge in [-0.25, -0.2) is 0 Å². The molecule has 0 aromatic heterocycles. The second-order valence-electron chi connectivity index (χ2n) is 4.21. The highest BCUT2D eigenvalue weighted by atomic mass is 16.5. The summed E-state index contributed by atoms with van der Waals surface area (Å²) < 4.78 is 5.43. The molecule has 1 amide bonds. The smallest absolute Gasteiger partial charge is 0.242 e. The summed E-state index contributed by atoms with van der Waals surface area (Å²) in [5.41, 5.74) is 2.10. The third kappa shape index (κ3) is 2.75. The lowest BCUT2D eigenvalue weighted by Crippen LogP contribution is -2.37. The van der Waals surface area contributed by atoms with Gasteiger partial charge in [-0.15, -0.1) is 6.42 Å². The average Bonchev–Trinajstić information content (AvgIpc) is 2.83. The molecule has 1 aromatic rings. The van der Waals surface area contributed by atoms with Gasteiger partial charge in [0, 0.05) is 12.1 Å². The molecule has 94 valence electrons. The van der Waals surface area contributed by atoms with Crippen LogP contribution in [0.4, 0.5) is 5.69 Å². The largest absolute Gasteiger partial charge is 0.493 e. The molecule has 4 heteroatoms. The van der Waals surface area contributed by atoms with E-state index < -0.39 is 0 Å². The molecule has 0 radical (unpaired) electrons. The number of anilines is 1. The standard InChI is InChI=1S/C14H16N2O2/c1-3-7-15-14(17)10(2)16-12-4-5-13-11(9-12)6-8-18-13/h1,4-5,9-10,16H,6-8H2,2H3,(H,15,17)/t10-/m1/s1. The lowest BCUT2D eigenvalue weighted by atomic mass is 10.1. The van der Waals surface area contributed by atoms with Gasteiger partial charge in [0.2, 0.25) is 5.91 Å². The number of ether oxygens (including phenoxy) is 1. The van der Waals surface area contributed by atoms with E-state index in [1.54, 1.807) is 6.92 Å². The first-order valence-corrected chi connectivity index (χ1v) is 5.94. The third-order valence-corrected chi connectivity index (χ3v) is 2.83. The van der Waals surface area contributed by atoms with Crippen molar-refractivity contribution in [3.05, 3.63) is 23.8 Å². The fourth-order valence-electron chi connectivity index (χ4n) is 1.88. The predicted molar refractivity (Wildman–Crippen MR) is 70.6 cm³/mol. The monoisotopic (exact) mass is 244 g/mol. The number of amides is 1. The van der Waals surface area contributed by atoms with Crippen molar-refractivity contribution in [3.63, 3.8) is 0 Å². The van der Waals surface area contributed by atoms with E-state index in [0.29, 0.717) is 0 Å². The summed E-state index contributed by atoms with van der Waals surface area (Å²) in [5, 5.41) is 5.79. The molecule has 1 heterocycles. The van der Waals surface area contributed by atoms with Gasteiger partial charge in [0.05, 0.1) is 13.2 Å². The zero-order chi connectivity index (χ0) is 13.0. The van der Waals surface area contributed by atoms with Crippen LogP contribution in [-0.2, 0) is 11.2 Å². The van der Waals surface area contributed by atoms with E-state index in [1.807, 2.05) is 18.2 Å². The molecule has 2 N–H and O–H groups in total. The number of benzene rings is 1. The van der Waals surface area contributed by atoms with Crippen molar-refractivity contribution in [3.8, 4) is 18.1 Å². The van der Waals surface area contributed by atoms with Crippen LogP contribution in [0.1, 0.15) is 12.5 Å². The molecule has 1 aliphatic heterocycles. The molecule has 18 heavy (non-hydrogen) atoms. The molecule has 1 aromatic carbocycles. The number of terminal acetylenes is 1. The Morgan fingerprint density at radius 1 is 1.61 bits per heavy atom. The Bertz CT molecular complexity index is 491. The first-order chi connectivity index (χ1) is 8.70. The highest BCUT2D eigenvalue weighted by molar-refractivity contribution is 5.84. The Kier molecular flexibility index (Phi) is 3.73. The predicted octanol–water partition coefficient (Wildman–Crippen LogP) is 1.17. The van der Waals surface area contributed by atoms with Gasteiger partial charge >= 0.3 is 0 Å². The Labute approximate surface area is 107 Å².